The Morgan fingerprint density at radius 1 is 1.69 bits per heavy atom. The lowest BCUT2D eigenvalue weighted by Gasteiger charge is -2.10. The largest absolute Gasteiger partial charge is 0.376 e. The Morgan fingerprint density at radius 2 is 2.56 bits per heavy atom. The van der Waals surface area contributed by atoms with Crippen LogP contribution in [0.3, 0.4) is 0 Å². The van der Waals surface area contributed by atoms with Gasteiger partial charge in [0.25, 0.3) is 0 Å². The van der Waals surface area contributed by atoms with Crippen LogP contribution in [0.25, 0.3) is 0 Å². The lowest BCUT2D eigenvalue weighted by molar-refractivity contribution is -0.384. The number of hydrogen-bond donors (Lipinski definition) is 1. The van der Waals surface area contributed by atoms with Crippen LogP contribution in [0.5, 0.6) is 0 Å². The topological polar surface area (TPSA) is 77.3 Å². The molecule has 16 heavy (non-hydrogen) atoms. The molecule has 0 amide bonds. The van der Waals surface area contributed by atoms with E-state index in [-0.39, 0.29) is 11.8 Å². The molecule has 1 aliphatic rings. The van der Waals surface area contributed by atoms with Crippen molar-refractivity contribution in [3.63, 3.8) is 0 Å². The molecular weight excluding hydrogens is 210 g/mol. The lowest BCUT2D eigenvalue weighted by Crippen LogP contribution is -2.19. The minimum atomic E-state index is -0.440. The van der Waals surface area contributed by atoms with Gasteiger partial charge in [0, 0.05) is 25.4 Å². The molecule has 1 atom stereocenters. The molecule has 1 N–H and O–H groups in total. The first-order chi connectivity index (χ1) is 7.77. The van der Waals surface area contributed by atoms with Crippen molar-refractivity contribution in [2.75, 3.05) is 18.5 Å². The van der Waals surface area contributed by atoms with E-state index in [1.807, 2.05) is 0 Å². The minimum absolute atomic E-state index is 0.000460. The van der Waals surface area contributed by atoms with Gasteiger partial charge >= 0.3 is 5.69 Å². The summed E-state index contributed by atoms with van der Waals surface area (Å²) in [6.45, 7) is 1.34. The molecule has 1 saturated heterocycles. The van der Waals surface area contributed by atoms with Gasteiger partial charge in [-0.2, -0.15) is 0 Å². The monoisotopic (exact) mass is 223 g/mol. The van der Waals surface area contributed by atoms with Crippen LogP contribution in [-0.2, 0) is 4.74 Å². The van der Waals surface area contributed by atoms with Crippen LogP contribution in [0.2, 0.25) is 0 Å². The summed E-state index contributed by atoms with van der Waals surface area (Å²) < 4.78 is 5.41. The first-order valence-corrected chi connectivity index (χ1v) is 5.22. The van der Waals surface area contributed by atoms with E-state index in [2.05, 4.69) is 10.3 Å². The van der Waals surface area contributed by atoms with E-state index in [1.54, 1.807) is 6.07 Å². The molecule has 0 spiro atoms. The van der Waals surface area contributed by atoms with Gasteiger partial charge in [0.15, 0.2) is 0 Å². The highest BCUT2D eigenvalue weighted by Gasteiger charge is 2.18. The average molecular weight is 223 g/mol. The average Bonchev–Trinajstić information content (AvgIpc) is 2.79. The maximum atomic E-state index is 10.7. The molecule has 1 aromatic heterocycles. The molecule has 1 fully saturated rings. The van der Waals surface area contributed by atoms with Crippen molar-refractivity contribution in [3.8, 4) is 0 Å². The predicted molar refractivity (Wildman–Crippen MR) is 58.4 cm³/mol. The molecule has 6 heteroatoms. The molecule has 1 aromatic rings. The van der Waals surface area contributed by atoms with Gasteiger partial charge in [0.1, 0.15) is 0 Å². The molecule has 0 bridgehead atoms. The molecule has 2 heterocycles. The van der Waals surface area contributed by atoms with Crippen molar-refractivity contribution in [1.82, 2.24) is 4.98 Å². The van der Waals surface area contributed by atoms with E-state index in [1.165, 1.54) is 12.3 Å². The standard InChI is InChI=1S/C10H13N3O3/c14-13(15)9-4-1-5-11-10(9)12-7-8-3-2-6-16-8/h1,4-5,8H,2-3,6-7H2,(H,11,12)/t8-/m1/s1. The number of aromatic nitrogens is 1. The Bertz CT molecular complexity index is 377. The van der Waals surface area contributed by atoms with Crippen molar-refractivity contribution < 1.29 is 9.66 Å². The molecule has 0 unspecified atom stereocenters. The molecular formula is C10H13N3O3. The zero-order valence-electron chi connectivity index (χ0n) is 8.76. The molecule has 1 aliphatic heterocycles. The summed E-state index contributed by atoms with van der Waals surface area (Å²) in [7, 11) is 0. The van der Waals surface area contributed by atoms with Crippen LogP contribution in [0, 0.1) is 10.1 Å². The summed E-state index contributed by atoms with van der Waals surface area (Å²) in [4.78, 5) is 14.2. The van der Waals surface area contributed by atoms with Crippen molar-refractivity contribution in [2.45, 2.75) is 18.9 Å². The van der Waals surface area contributed by atoms with Crippen molar-refractivity contribution in [1.29, 1.82) is 0 Å². The molecule has 6 nitrogen and oxygen atoms in total. The molecule has 2 rings (SSSR count). The Morgan fingerprint density at radius 3 is 3.25 bits per heavy atom. The maximum absolute atomic E-state index is 10.7. The van der Waals surface area contributed by atoms with Crippen molar-refractivity contribution in [2.24, 2.45) is 0 Å². The Kier molecular flexibility index (Phi) is 3.31. The van der Waals surface area contributed by atoms with Gasteiger partial charge in [-0.3, -0.25) is 10.1 Å². The van der Waals surface area contributed by atoms with Crippen LogP contribution >= 0.6 is 0 Å². The third-order valence-electron chi connectivity index (χ3n) is 2.50. The summed E-state index contributed by atoms with van der Waals surface area (Å²) in [6, 6.07) is 2.99. The van der Waals surface area contributed by atoms with E-state index < -0.39 is 4.92 Å². The SMILES string of the molecule is O=[N+]([O-])c1cccnc1NC[C@H]1CCCO1. The zero-order valence-corrected chi connectivity index (χ0v) is 8.76. The quantitative estimate of drug-likeness (QED) is 0.619. The van der Waals surface area contributed by atoms with E-state index in [0.717, 1.165) is 19.4 Å². The minimum Gasteiger partial charge on any atom is -0.376 e. The summed E-state index contributed by atoms with van der Waals surface area (Å²) in [6.07, 6.45) is 3.72. The Hall–Kier alpha value is -1.69. The Balaban J connectivity index is 2.00. The highest BCUT2D eigenvalue weighted by molar-refractivity contribution is 5.55. The van der Waals surface area contributed by atoms with E-state index >= 15 is 0 Å². The predicted octanol–water partition coefficient (Wildman–Crippen LogP) is 1.58. The molecule has 0 aliphatic carbocycles. The lowest BCUT2D eigenvalue weighted by atomic mass is 10.2. The number of ether oxygens (including phenoxy) is 1. The van der Waals surface area contributed by atoms with Crippen LogP contribution in [0.15, 0.2) is 18.3 Å². The molecule has 86 valence electrons. The number of nitrogens with one attached hydrogen (secondary N) is 1. The maximum Gasteiger partial charge on any atom is 0.311 e. The van der Waals surface area contributed by atoms with Gasteiger partial charge in [-0.25, -0.2) is 4.98 Å². The smallest absolute Gasteiger partial charge is 0.311 e. The fourth-order valence-electron chi connectivity index (χ4n) is 1.70. The number of pyridine rings is 1. The highest BCUT2D eigenvalue weighted by Crippen LogP contribution is 2.21. The summed E-state index contributed by atoms with van der Waals surface area (Å²) in [5.74, 6) is 0.308. The van der Waals surface area contributed by atoms with Crippen molar-refractivity contribution in [3.05, 3.63) is 28.4 Å². The first-order valence-electron chi connectivity index (χ1n) is 5.22. The second kappa shape index (κ2) is 4.89. The van der Waals surface area contributed by atoms with Crippen LogP contribution in [0.1, 0.15) is 12.8 Å². The van der Waals surface area contributed by atoms with Crippen LogP contribution in [-0.4, -0.2) is 29.2 Å². The van der Waals surface area contributed by atoms with E-state index in [9.17, 15) is 10.1 Å². The first kappa shape index (κ1) is 10.8. The number of nitro groups is 1. The van der Waals surface area contributed by atoms with E-state index in [4.69, 9.17) is 4.74 Å². The van der Waals surface area contributed by atoms with E-state index in [0.29, 0.717) is 12.4 Å². The van der Waals surface area contributed by atoms with Gasteiger partial charge in [0.05, 0.1) is 11.0 Å². The second-order valence-electron chi connectivity index (χ2n) is 3.64. The van der Waals surface area contributed by atoms with Gasteiger partial charge < -0.3 is 10.1 Å². The normalized spacial score (nSPS) is 19.6. The Labute approximate surface area is 92.8 Å². The van der Waals surface area contributed by atoms with Crippen LogP contribution in [0.4, 0.5) is 11.5 Å². The number of anilines is 1. The summed E-state index contributed by atoms with van der Waals surface area (Å²) in [5, 5.41) is 13.7. The van der Waals surface area contributed by atoms with Crippen LogP contribution < -0.4 is 5.32 Å². The number of rotatable bonds is 4. The fourth-order valence-corrected chi connectivity index (χ4v) is 1.70. The summed E-state index contributed by atoms with van der Waals surface area (Å²) in [5.41, 5.74) is 0.000460. The van der Waals surface area contributed by atoms with Gasteiger partial charge in [-0.05, 0) is 18.9 Å². The second-order valence-corrected chi connectivity index (χ2v) is 3.64. The fraction of sp³-hybridized carbons (Fsp3) is 0.500. The summed E-state index contributed by atoms with van der Waals surface area (Å²) >= 11 is 0. The third-order valence-corrected chi connectivity index (χ3v) is 2.50. The molecule has 0 aromatic carbocycles. The zero-order chi connectivity index (χ0) is 11.4. The van der Waals surface area contributed by atoms with Gasteiger partial charge in [-0.15, -0.1) is 0 Å². The number of hydrogen-bond acceptors (Lipinski definition) is 5. The van der Waals surface area contributed by atoms with Gasteiger partial charge in [0.2, 0.25) is 5.82 Å². The highest BCUT2D eigenvalue weighted by atomic mass is 16.6. The number of nitrogens with zero attached hydrogens (tertiary/aromatic N) is 2. The molecule has 0 radical (unpaired) electrons. The van der Waals surface area contributed by atoms with Crippen molar-refractivity contribution >= 4 is 11.5 Å². The molecule has 0 saturated carbocycles. The van der Waals surface area contributed by atoms with Gasteiger partial charge in [-0.1, -0.05) is 0 Å². The third kappa shape index (κ3) is 2.46.